The van der Waals surface area contributed by atoms with Crippen LogP contribution in [0.2, 0.25) is 0 Å². The van der Waals surface area contributed by atoms with Gasteiger partial charge in [0.1, 0.15) is 6.33 Å². The molecule has 0 saturated heterocycles. The first kappa shape index (κ1) is 8.10. The van der Waals surface area contributed by atoms with Crippen molar-refractivity contribution < 1.29 is 0 Å². The molecule has 13 heavy (non-hydrogen) atoms. The van der Waals surface area contributed by atoms with Gasteiger partial charge >= 0.3 is 0 Å². The van der Waals surface area contributed by atoms with Gasteiger partial charge in [-0.25, -0.2) is 15.0 Å². The van der Waals surface area contributed by atoms with Gasteiger partial charge in [-0.1, -0.05) is 6.92 Å². The largest absolute Gasteiger partial charge is 0.241 e. The molecule has 3 heteroatoms. The molecule has 2 aromatic heterocycles. The van der Waals surface area contributed by atoms with Crippen LogP contribution in [-0.4, -0.2) is 15.0 Å². The molecule has 0 N–H and O–H groups in total. The maximum absolute atomic E-state index is 4.40. The highest BCUT2D eigenvalue weighted by Gasteiger charge is 2.00. The minimum atomic E-state index is 0.798. The third-order valence-corrected chi connectivity index (χ3v) is 2.12. The molecule has 0 fully saturated rings. The summed E-state index contributed by atoms with van der Waals surface area (Å²) < 4.78 is 0. The second kappa shape index (κ2) is 3.09. The first-order chi connectivity index (χ1) is 6.31. The quantitative estimate of drug-likeness (QED) is 0.661. The van der Waals surface area contributed by atoms with Crippen molar-refractivity contribution in [2.45, 2.75) is 20.3 Å². The summed E-state index contributed by atoms with van der Waals surface area (Å²) in [6, 6.07) is 4.06. The molecule has 0 amide bonds. The number of aryl methyl sites for hydroxylation is 2. The van der Waals surface area contributed by atoms with Crippen molar-refractivity contribution in [3.8, 4) is 0 Å². The van der Waals surface area contributed by atoms with Crippen LogP contribution in [0.3, 0.4) is 0 Å². The Kier molecular flexibility index (Phi) is 1.93. The minimum absolute atomic E-state index is 0.798. The van der Waals surface area contributed by atoms with E-state index in [1.807, 2.05) is 19.1 Å². The van der Waals surface area contributed by atoms with E-state index in [9.17, 15) is 0 Å². The van der Waals surface area contributed by atoms with E-state index in [2.05, 4.69) is 21.9 Å². The van der Waals surface area contributed by atoms with Crippen LogP contribution in [0, 0.1) is 6.92 Å². The van der Waals surface area contributed by atoms with Crippen molar-refractivity contribution in [3.63, 3.8) is 0 Å². The van der Waals surface area contributed by atoms with Crippen LogP contribution in [0.15, 0.2) is 18.5 Å². The first-order valence-electron chi connectivity index (χ1n) is 4.38. The van der Waals surface area contributed by atoms with E-state index in [1.54, 1.807) is 6.33 Å². The molecule has 0 bridgehead atoms. The van der Waals surface area contributed by atoms with Crippen LogP contribution in [0.1, 0.15) is 18.3 Å². The van der Waals surface area contributed by atoms with Crippen LogP contribution >= 0.6 is 0 Å². The summed E-state index contributed by atoms with van der Waals surface area (Å²) in [6.07, 6.45) is 2.50. The van der Waals surface area contributed by atoms with Gasteiger partial charge in [-0.15, -0.1) is 0 Å². The predicted octanol–water partition coefficient (Wildman–Crippen LogP) is 1.90. The van der Waals surface area contributed by atoms with Crippen molar-refractivity contribution in [1.29, 1.82) is 0 Å². The summed E-state index contributed by atoms with van der Waals surface area (Å²) in [4.78, 5) is 12.6. The Morgan fingerprint density at radius 3 is 2.85 bits per heavy atom. The van der Waals surface area contributed by atoms with Gasteiger partial charge in [0, 0.05) is 11.1 Å². The van der Waals surface area contributed by atoms with E-state index in [4.69, 9.17) is 0 Å². The van der Waals surface area contributed by atoms with Crippen molar-refractivity contribution in [2.75, 3.05) is 0 Å². The molecule has 0 aliphatic heterocycles. The molecular formula is C10H11N3. The lowest BCUT2D eigenvalue weighted by Crippen LogP contribution is -1.93. The summed E-state index contributed by atoms with van der Waals surface area (Å²) in [6.45, 7) is 4.06. The summed E-state index contributed by atoms with van der Waals surface area (Å²) in [7, 11) is 0. The standard InChI is InChI=1S/C10H11N3/c1-3-8-4-5-9-7(2)11-6-12-10(9)13-8/h4-6H,3H2,1-2H3. The third-order valence-electron chi connectivity index (χ3n) is 2.12. The molecule has 0 atom stereocenters. The molecule has 0 aliphatic carbocycles. The van der Waals surface area contributed by atoms with Crippen LogP contribution < -0.4 is 0 Å². The Hall–Kier alpha value is -1.51. The van der Waals surface area contributed by atoms with E-state index >= 15 is 0 Å². The van der Waals surface area contributed by atoms with Gasteiger partial charge in [0.15, 0.2) is 5.65 Å². The highest BCUT2D eigenvalue weighted by Crippen LogP contribution is 2.12. The molecule has 2 aromatic rings. The predicted molar refractivity (Wildman–Crippen MR) is 51.4 cm³/mol. The Balaban J connectivity index is 2.72. The number of nitrogens with zero attached hydrogens (tertiary/aromatic N) is 3. The average Bonchev–Trinajstić information content (AvgIpc) is 2.18. The zero-order valence-electron chi connectivity index (χ0n) is 7.78. The number of rotatable bonds is 1. The topological polar surface area (TPSA) is 38.7 Å². The van der Waals surface area contributed by atoms with Crippen molar-refractivity contribution >= 4 is 11.0 Å². The Bertz CT molecular complexity index is 437. The zero-order valence-corrected chi connectivity index (χ0v) is 7.78. The van der Waals surface area contributed by atoms with E-state index < -0.39 is 0 Å². The zero-order chi connectivity index (χ0) is 9.26. The summed E-state index contributed by atoms with van der Waals surface area (Å²) in [5.74, 6) is 0. The average molecular weight is 173 g/mol. The van der Waals surface area contributed by atoms with Crippen molar-refractivity contribution in [1.82, 2.24) is 15.0 Å². The van der Waals surface area contributed by atoms with Crippen molar-refractivity contribution in [2.24, 2.45) is 0 Å². The van der Waals surface area contributed by atoms with Crippen LogP contribution in [0.4, 0.5) is 0 Å². The van der Waals surface area contributed by atoms with Crippen molar-refractivity contribution in [3.05, 3.63) is 29.8 Å². The second-order valence-corrected chi connectivity index (χ2v) is 2.99. The minimum Gasteiger partial charge on any atom is -0.241 e. The molecule has 0 aromatic carbocycles. The Labute approximate surface area is 76.9 Å². The fraction of sp³-hybridized carbons (Fsp3) is 0.300. The maximum Gasteiger partial charge on any atom is 0.162 e. The number of hydrogen-bond acceptors (Lipinski definition) is 3. The maximum atomic E-state index is 4.40. The lowest BCUT2D eigenvalue weighted by molar-refractivity contribution is 1.03. The SMILES string of the molecule is CCc1ccc2c(C)ncnc2n1. The van der Waals surface area contributed by atoms with Gasteiger partial charge in [-0.05, 0) is 25.5 Å². The van der Waals surface area contributed by atoms with Crippen LogP contribution in [0.25, 0.3) is 11.0 Å². The van der Waals surface area contributed by atoms with E-state index in [0.717, 1.165) is 28.8 Å². The lowest BCUT2D eigenvalue weighted by Gasteiger charge is -2.00. The van der Waals surface area contributed by atoms with Gasteiger partial charge in [0.25, 0.3) is 0 Å². The lowest BCUT2D eigenvalue weighted by atomic mass is 10.2. The van der Waals surface area contributed by atoms with Crippen LogP contribution in [0.5, 0.6) is 0 Å². The third kappa shape index (κ3) is 1.37. The van der Waals surface area contributed by atoms with E-state index in [-0.39, 0.29) is 0 Å². The van der Waals surface area contributed by atoms with Gasteiger partial charge < -0.3 is 0 Å². The van der Waals surface area contributed by atoms with Gasteiger partial charge in [-0.3, -0.25) is 0 Å². The smallest absolute Gasteiger partial charge is 0.162 e. The first-order valence-corrected chi connectivity index (χ1v) is 4.38. The summed E-state index contributed by atoms with van der Waals surface area (Å²) >= 11 is 0. The summed E-state index contributed by atoms with van der Waals surface area (Å²) in [5.41, 5.74) is 2.86. The molecule has 2 rings (SSSR count). The van der Waals surface area contributed by atoms with Gasteiger partial charge in [0.05, 0.1) is 5.69 Å². The van der Waals surface area contributed by atoms with Crippen LogP contribution in [-0.2, 0) is 6.42 Å². The number of pyridine rings is 1. The molecule has 0 unspecified atom stereocenters. The monoisotopic (exact) mass is 173 g/mol. The number of aromatic nitrogens is 3. The molecule has 2 heterocycles. The Morgan fingerprint density at radius 2 is 2.08 bits per heavy atom. The number of hydrogen-bond donors (Lipinski definition) is 0. The fourth-order valence-corrected chi connectivity index (χ4v) is 1.31. The molecule has 3 nitrogen and oxygen atoms in total. The number of fused-ring (bicyclic) bond motifs is 1. The Morgan fingerprint density at radius 1 is 1.23 bits per heavy atom. The molecular weight excluding hydrogens is 162 g/mol. The molecule has 0 radical (unpaired) electrons. The molecule has 0 aliphatic rings. The molecule has 66 valence electrons. The normalized spacial score (nSPS) is 10.6. The second-order valence-electron chi connectivity index (χ2n) is 2.99. The fourth-order valence-electron chi connectivity index (χ4n) is 1.31. The molecule has 0 spiro atoms. The highest BCUT2D eigenvalue weighted by molar-refractivity contribution is 5.76. The van der Waals surface area contributed by atoms with E-state index in [1.165, 1.54) is 0 Å². The summed E-state index contributed by atoms with van der Waals surface area (Å²) in [5, 5.41) is 1.04. The van der Waals surface area contributed by atoms with Gasteiger partial charge in [0.2, 0.25) is 0 Å². The van der Waals surface area contributed by atoms with E-state index in [0.29, 0.717) is 0 Å². The highest BCUT2D eigenvalue weighted by atomic mass is 14.9. The molecule has 0 saturated carbocycles. The van der Waals surface area contributed by atoms with Gasteiger partial charge in [-0.2, -0.15) is 0 Å².